The number of thiazole rings is 1. The molecule has 0 radical (unpaired) electrons. The summed E-state index contributed by atoms with van der Waals surface area (Å²) in [5.41, 5.74) is 4.41. The molecule has 108 valence electrons. The molecule has 1 heterocycles. The zero-order chi connectivity index (χ0) is 15.1. The molecule has 2 aromatic rings. The molecule has 0 bridgehead atoms. The smallest absolute Gasteiger partial charge is 0.350 e. The van der Waals surface area contributed by atoms with Crippen LogP contribution in [0.3, 0.4) is 0 Å². The Morgan fingerprint density at radius 2 is 2.24 bits per heavy atom. The van der Waals surface area contributed by atoms with Gasteiger partial charge in [0.15, 0.2) is 0 Å². The topological polar surface area (TPSA) is 63.6 Å². The van der Waals surface area contributed by atoms with Gasteiger partial charge in [-0.1, -0.05) is 54.3 Å². The van der Waals surface area contributed by atoms with Crippen LogP contribution in [0.5, 0.6) is 0 Å². The van der Waals surface area contributed by atoms with Crippen LogP contribution in [-0.2, 0) is 4.74 Å². The predicted molar refractivity (Wildman–Crippen MR) is 85.0 cm³/mol. The second-order valence-corrected chi connectivity index (χ2v) is 5.10. The third kappa shape index (κ3) is 4.25. The van der Waals surface area contributed by atoms with Crippen LogP contribution in [0.2, 0.25) is 0 Å². The highest BCUT2D eigenvalue weighted by Crippen LogP contribution is 2.23. The lowest BCUT2D eigenvalue weighted by atomic mass is 10.2. The summed E-state index contributed by atoms with van der Waals surface area (Å²) in [6.07, 6.45) is 3.21. The number of aromatic nitrogens is 1. The first-order chi connectivity index (χ1) is 10.2. The lowest BCUT2D eigenvalue weighted by molar-refractivity contribution is 0.0554. The van der Waals surface area contributed by atoms with E-state index in [1.807, 2.05) is 30.3 Å². The van der Waals surface area contributed by atoms with Crippen LogP contribution in [0, 0.1) is 6.92 Å². The molecule has 5 nitrogen and oxygen atoms in total. The van der Waals surface area contributed by atoms with Crippen LogP contribution in [0.25, 0.3) is 0 Å². The quantitative estimate of drug-likeness (QED) is 0.385. The Labute approximate surface area is 127 Å². The van der Waals surface area contributed by atoms with Crippen molar-refractivity contribution in [1.29, 1.82) is 0 Å². The number of esters is 1. The van der Waals surface area contributed by atoms with Crippen molar-refractivity contribution in [2.45, 2.75) is 6.92 Å². The molecule has 1 aromatic carbocycles. The fourth-order valence-corrected chi connectivity index (χ4v) is 2.34. The molecular formula is C15H15N3O2S. The number of carbonyl (C=O) groups excluding carboxylic acids is 1. The third-order valence-electron chi connectivity index (χ3n) is 2.49. The summed E-state index contributed by atoms with van der Waals surface area (Å²) in [7, 11) is 0. The van der Waals surface area contributed by atoms with E-state index in [0.717, 1.165) is 5.56 Å². The molecule has 0 fully saturated rings. The molecule has 0 aliphatic carbocycles. The van der Waals surface area contributed by atoms with Gasteiger partial charge in [-0.3, -0.25) is 5.43 Å². The fraction of sp³-hybridized carbons (Fsp3) is 0.133. The number of benzene rings is 1. The van der Waals surface area contributed by atoms with E-state index in [1.165, 1.54) is 17.4 Å². The summed E-state index contributed by atoms with van der Waals surface area (Å²) in [5.74, 6) is -0.398. The fourth-order valence-electron chi connectivity index (χ4n) is 1.53. The van der Waals surface area contributed by atoms with E-state index in [4.69, 9.17) is 4.74 Å². The monoisotopic (exact) mass is 301 g/mol. The maximum Gasteiger partial charge on any atom is 0.350 e. The van der Waals surface area contributed by atoms with Gasteiger partial charge in [0, 0.05) is 0 Å². The van der Waals surface area contributed by atoms with Crippen molar-refractivity contribution >= 4 is 28.7 Å². The molecule has 0 aliphatic heterocycles. The van der Waals surface area contributed by atoms with Gasteiger partial charge < -0.3 is 4.74 Å². The van der Waals surface area contributed by atoms with E-state index in [-0.39, 0.29) is 6.61 Å². The minimum Gasteiger partial charge on any atom is -0.457 e. The number of nitrogens with zero attached hydrogens (tertiary/aromatic N) is 2. The molecule has 0 saturated heterocycles. The lowest BCUT2D eigenvalue weighted by Gasteiger charge is -1.98. The number of hydrogen-bond acceptors (Lipinski definition) is 6. The van der Waals surface area contributed by atoms with Gasteiger partial charge in [-0.25, -0.2) is 9.78 Å². The van der Waals surface area contributed by atoms with Gasteiger partial charge in [0.1, 0.15) is 11.5 Å². The molecule has 6 heteroatoms. The second-order valence-electron chi connectivity index (χ2n) is 4.10. The number of rotatable bonds is 6. The minimum absolute atomic E-state index is 0.186. The number of hydrogen-bond donors (Lipinski definition) is 1. The number of anilines is 1. The summed E-state index contributed by atoms with van der Waals surface area (Å²) >= 11 is 1.21. The molecule has 1 aromatic heterocycles. The van der Waals surface area contributed by atoms with Gasteiger partial charge in [0.25, 0.3) is 0 Å². The first kappa shape index (κ1) is 14.9. The Kier molecular flexibility index (Phi) is 5.22. The highest BCUT2D eigenvalue weighted by atomic mass is 32.1. The number of aryl methyl sites for hydroxylation is 1. The normalized spacial score (nSPS) is 10.5. The van der Waals surface area contributed by atoms with E-state index in [0.29, 0.717) is 15.7 Å². The Morgan fingerprint density at radius 1 is 1.48 bits per heavy atom. The zero-order valence-corrected chi connectivity index (χ0v) is 12.4. The van der Waals surface area contributed by atoms with Crippen molar-refractivity contribution in [3.05, 3.63) is 59.1 Å². The molecule has 0 unspecified atom stereocenters. The molecular weight excluding hydrogens is 286 g/mol. The largest absolute Gasteiger partial charge is 0.457 e. The van der Waals surface area contributed by atoms with E-state index in [2.05, 4.69) is 22.1 Å². The standard InChI is InChI=1S/C15H15N3O2S/c1-3-9-20-14(19)13-11(2)17-15(21-13)18-16-10-12-7-5-4-6-8-12/h3-8,10H,1,9H2,2H3,(H,17,18). The first-order valence-electron chi connectivity index (χ1n) is 6.30. The maximum atomic E-state index is 11.8. The minimum atomic E-state index is -0.398. The maximum absolute atomic E-state index is 11.8. The Hall–Kier alpha value is -2.47. The van der Waals surface area contributed by atoms with Crippen LogP contribution in [-0.4, -0.2) is 23.8 Å². The molecule has 1 N–H and O–H groups in total. The Bertz CT molecular complexity index is 650. The van der Waals surface area contributed by atoms with E-state index >= 15 is 0 Å². The van der Waals surface area contributed by atoms with Crippen LogP contribution in [0.1, 0.15) is 20.9 Å². The SMILES string of the molecule is C=CCOC(=O)c1sc(NN=Cc2ccccc2)nc1C. The van der Waals surface area contributed by atoms with Crippen LogP contribution < -0.4 is 5.43 Å². The first-order valence-corrected chi connectivity index (χ1v) is 7.12. The molecule has 0 amide bonds. The highest BCUT2D eigenvalue weighted by molar-refractivity contribution is 7.17. The van der Waals surface area contributed by atoms with Gasteiger partial charge in [0.05, 0.1) is 11.9 Å². The summed E-state index contributed by atoms with van der Waals surface area (Å²) in [5, 5.41) is 4.64. The van der Waals surface area contributed by atoms with E-state index < -0.39 is 5.97 Å². The van der Waals surface area contributed by atoms with Crippen molar-refractivity contribution < 1.29 is 9.53 Å². The second kappa shape index (κ2) is 7.35. The molecule has 0 atom stereocenters. The summed E-state index contributed by atoms with van der Waals surface area (Å²) in [4.78, 5) is 16.5. The number of carbonyl (C=O) groups is 1. The highest BCUT2D eigenvalue weighted by Gasteiger charge is 2.16. The third-order valence-corrected chi connectivity index (χ3v) is 3.53. The molecule has 2 rings (SSSR count). The van der Waals surface area contributed by atoms with Crippen LogP contribution in [0.15, 0.2) is 48.1 Å². The van der Waals surface area contributed by atoms with Gasteiger partial charge in [-0.2, -0.15) is 5.10 Å². The molecule has 0 spiro atoms. The van der Waals surface area contributed by atoms with Gasteiger partial charge >= 0.3 is 5.97 Å². The lowest BCUT2D eigenvalue weighted by Crippen LogP contribution is -2.04. The molecule has 0 aliphatic rings. The van der Waals surface area contributed by atoms with Gasteiger partial charge in [-0.15, -0.1) is 0 Å². The number of hydrazone groups is 1. The van der Waals surface area contributed by atoms with E-state index in [9.17, 15) is 4.79 Å². The van der Waals surface area contributed by atoms with Gasteiger partial charge in [-0.05, 0) is 12.5 Å². The van der Waals surface area contributed by atoms with Crippen molar-refractivity contribution in [3.63, 3.8) is 0 Å². The molecule has 21 heavy (non-hydrogen) atoms. The van der Waals surface area contributed by atoms with Crippen molar-refractivity contribution in [1.82, 2.24) is 4.98 Å². The van der Waals surface area contributed by atoms with Crippen molar-refractivity contribution in [2.75, 3.05) is 12.0 Å². The zero-order valence-electron chi connectivity index (χ0n) is 11.6. The summed E-state index contributed by atoms with van der Waals surface area (Å²) < 4.78 is 4.99. The molecule has 0 saturated carbocycles. The van der Waals surface area contributed by atoms with Crippen molar-refractivity contribution in [3.8, 4) is 0 Å². The summed E-state index contributed by atoms with van der Waals surface area (Å²) in [6, 6.07) is 9.69. The average Bonchev–Trinajstić information content (AvgIpc) is 2.87. The van der Waals surface area contributed by atoms with Gasteiger partial charge in [0.2, 0.25) is 5.13 Å². The van der Waals surface area contributed by atoms with Crippen molar-refractivity contribution in [2.24, 2.45) is 5.10 Å². The van der Waals surface area contributed by atoms with Crippen LogP contribution in [0.4, 0.5) is 5.13 Å². The Morgan fingerprint density at radius 3 is 2.95 bits per heavy atom. The Balaban J connectivity index is 2.00. The van der Waals surface area contributed by atoms with E-state index in [1.54, 1.807) is 13.1 Å². The number of nitrogens with one attached hydrogen (secondary N) is 1. The average molecular weight is 301 g/mol. The number of ether oxygens (including phenoxy) is 1. The predicted octanol–water partition coefficient (Wildman–Crippen LogP) is 3.24. The van der Waals surface area contributed by atoms with Crippen LogP contribution >= 0.6 is 11.3 Å². The summed E-state index contributed by atoms with van der Waals surface area (Å²) in [6.45, 7) is 5.44.